The highest BCUT2D eigenvalue weighted by atomic mass is 32.2. The number of hydrogen-bond donors (Lipinski definition) is 1. The van der Waals surface area contributed by atoms with E-state index < -0.39 is 10.0 Å². The first-order valence-electron chi connectivity index (χ1n) is 11.7. The molecule has 2 aliphatic rings. The Kier molecular flexibility index (Phi) is 7.62. The minimum Gasteiger partial charge on any atom is -0.494 e. The van der Waals surface area contributed by atoms with Crippen molar-refractivity contribution in [2.75, 3.05) is 13.2 Å². The van der Waals surface area contributed by atoms with Crippen LogP contribution in [-0.4, -0.2) is 50.6 Å². The van der Waals surface area contributed by atoms with Crippen LogP contribution in [0.1, 0.15) is 56.6 Å². The number of carbonyl (C=O) groups is 1. The molecule has 34 heavy (non-hydrogen) atoms. The molecule has 0 bridgehead atoms. The van der Waals surface area contributed by atoms with Gasteiger partial charge in [-0.05, 0) is 61.7 Å². The SMILES string of the molecule is CCOc1ccc(C=NN(CCC(=O)NC2CCCCC2)C2=NS(=O)(=O)c3ccccc32)cc1. The average molecular weight is 483 g/mol. The summed E-state index contributed by atoms with van der Waals surface area (Å²) in [4.78, 5) is 12.8. The lowest BCUT2D eigenvalue weighted by Crippen LogP contribution is -2.38. The van der Waals surface area contributed by atoms with Gasteiger partial charge in [0.15, 0.2) is 5.84 Å². The van der Waals surface area contributed by atoms with E-state index in [1.54, 1.807) is 24.4 Å². The van der Waals surface area contributed by atoms with E-state index in [-0.39, 0.29) is 35.6 Å². The molecule has 1 saturated carbocycles. The van der Waals surface area contributed by atoms with E-state index in [1.165, 1.54) is 17.5 Å². The summed E-state index contributed by atoms with van der Waals surface area (Å²) in [5.74, 6) is 0.919. The molecule has 0 aromatic heterocycles. The number of fused-ring (bicyclic) bond motifs is 1. The van der Waals surface area contributed by atoms with Crippen molar-refractivity contribution in [3.05, 3.63) is 59.7 Å². The highest BCUT2D eigenvalue weighted by Crippen LogP contribution is 2.28. The lowest BCUT2D eigenvalue weighted by atomic mass is 9.95. The fourth-order valence-corrected chi connectivity index (χ4v) is 5.41. The number of amidine groups is 1. The van der Waals surface area contributed by atoms with Crippen molar-refractivity contribution in [2.45, 2.75) is 56.4 Å². The Bertz CT molecular complexity index is 1170. The number of carbonyl (C=O) groups excluding carboxylic acids is 1. The molecular weight excluding hydrogens is 452 g/mol. The average Bonchev–Trinajstić information content (AvgIpc) is 3.12. The number of amides is 1. The highest BCUT2D eigenvalue weighted by molar-refractivity contribution is 7.90. The molecule has 0 spiro atoms. The minimum atomic E-state index is -3.80. The van der Waals surface area contributed by atoms with Gasteiger partial charge in [-0.2, -0.15) is 13.5 Å². The molecule has 0 unspecified atom stereocenters. The van der Waals surface area contributed by atoms with Crippen molar-refractivity contribution >= 4 is 28.0 Å². The van der Waals surface area contributed by atoms with Crippen LogP contribution in [0, 0.1) is 0 Å². The van der Waals surface area contributed by atoms with E-state index in [9.17, 15) is 13.2 Å². The third kappa shape index (κ3) is 5.83. The lowest BCUT2D eigenvalue weighted by Gasteiger charge is -2.24. The predicted molar refractivity (Wildman–Crippen MR) is 132 cm³/mol. The van der Waals surface area contributed by atoms with Gasteiger partial charge in [0, 0.05) is 18.0 Å². The van der Waals surface area contributed by atoms with Gasteiger partial charge in [-0.3, -0.25) is 4.79 Å². The van der Waals surface area contributed by atoms with Crippen LogP contribution in [0.2, 0.25) is 0 Å². The third-order valence-electron chi connectivity index (χ3n) is 5.92. The molecule has 1 amide bonds. The molecule has 1 aliphatic heterocycles. The van der Waals surface area contributed by atoms with Crippen molar-refractivity contribution < 1.29 is 17.9 Å². The van der Waals surface area contributed by atoms with Gasteiger partial charge in [0.25, 0.3) is 10.0 Å². The number of rotatable bonds is 8. The van der Waals surface area contributed by atoms with Crippen molar-refractivity contribution in [3.63, 3.8) is 0 Å². The van der Waals surface area contributed by atoms with E-state index in [0.29, 0.717) is 12.2 Å². The van der Waals surface area contributed by atoms with Gasteiger partial charge in [0.1, 0.15) is 10.6 Å². The van der Waals surface area contributed by atoms with Crippen LogP contribution in [0.4, 0.5) is 0 Å². The largest absolute Gasteiger partial charge is 0.494 e. The third-order valence-corrected chi connectivity index (χ3v) is 7.24. The molecule has 2 aromatic carbocycles. The first-order valence-corrected chi connectivity index (χ1v) is 13.2. The monoisotopic (exact) mass is 482 g/mol. The minimum absolute atomic E-state index is 0.0668. The Balaban J connectivity index is 1.53. The number of nitrogens with one attached hydrogen (secondary N) is 1. The van der Waals surface area contributed by atoms with Crippen molar-refractivity contribution in [1.82, 2.24) is 10.3 Å². The molecule has 1 N–H and O–H groups in total. The summed E-state index contributed by atoms with van der Waals surface area (Å²) in [5, 5.41) is 9.13. The van der Waals surface area contributed by atoms with Crippen LogP contribution in [0.25, 0.3) is 0 Å². The Labute approximate surface area is 200 Å². The van der Waals surface area contributed by atoms with E-state index in [4.69, 9.17) is 4.74 Å². The maximum absolute atomic E-state index is 12.6. The number of ether oxygens (including phenoxy) is 1. The van der Waals surface area contributed by atoms with Crippen LogP contribution >= 0.6 is 0 Å². The Morgan fingerprint density at radius 2 is 1.88 bits per heavy atom. The molecule has 8 nitrogen and oxygen atoms in total. The zero-order valence-electron chi connectivity index (χ0n) is 19.3. The zero-order valence-corrected chi connectivity index (χ0v) is 20.1. The number of hydrazone groups is 1. The van der Waals surface area contributed by atoms with Crippen LogP contribution in [-0.2, 0) is 14.8 Å². The van der Waals surface area contributed by atoms with Gasteiger partial charge in [-0.15, -0.1) is 4.40 Å². The second kappa shape index (κ2) is 10.8. The maximum Gasteiger partial charge on any atom is 0.285 e. The van der Waals surface area contributed by atoms with Crippen LogP contribution in [0.15, 0.2) is 62.9 Å². The molecule has 1 fully saturated rings. The normalized spacial score (nSPS) is 17.3. The molecule has 0 radical (unpaired) electrons. The van der Waals surface area contributed by atoms with Crippen molar-refractivity contribution in [2.24, 2.45) is 9.50 Å². The van der Waals surface area contributed by atoms with E-state index >= 15 is 0 Å². The maximum atomic E-state index is 12.6. The van der Waals surface area contributed by atoms with E-state index in [1.807, 2.05) is 31.2 Å². The second-order valence-electron chi connectivity index (χ2n) is 8.41. The fraction of sp³-hybridized carbons (Fsp3) is 0.400. The smallest absolute Gasteiger partial charge is 0.285 e. The molecule has 2 aromatic rings. The van der Waals surface area contributed by atoms with Crippen LogP contribution in [0.3, 0.4) is 0 Å². The first-order chi connectivity index (χ1) is 16.5. The van der Waals surface area contributed by atoms with Gasteiger partial charge in [-0.25, -0.2) is 5.01 Å². The zero-order chi connectivity index (χ0) is 24.0. The number of benzene rings is 2. The van der Waals surface area contributed by atoms with Crippen molar-refractivity contribution in [3.8, 4) is 5.75 Å². The van der Waals surface area contributed by atoms with Crippen molar-refractivity contribution in [1.29, 1.82) is 0 Å². The Hall–Kier alpha value is -3.20. The quantitative estimate of drug-likeness (QED) is 0.457. The second-order valence-corrected chi connectivity index (χ2v) is 9.98. The summed E-state index contributed by atoms with van der Waals surface area (Å²) in [6.45, 7) is 2.71. The number of hydrogen-bond acceptors (Lipinski definition) is 6. The molecule has 0 saturated heterocycles. The summed E-state index contributed by atoms with van der Waals surface area (Å²) in [7, 11) is -3.80. The summed E-state index contributed by atoms with van der Waals surface area (Å²) in [6, 6.07) is 14.3. The van der Waals surface area contributed by atoms with Crippen LogP contribution in [0.5, 0.6) is 5.75 Å². The highest BCUT2D eigenvalue weighted by Gasteiger charge is 2.32. The standard InChI is InChI=1S/C25H30N4O4S/c1-2-33-21-14-12-19(13-15-21)18-26-29(17-16-24(30)27-20-8-4-3-5-9-20)25-22-10-6-7-11-23(22)34(31,32)28-25/h6-7,10-15,18,20H,2-5,8-9,16-17H2,1H3,(H,27,30). The molecule has 4 rings (SSSR count). The number of nitrogens with zero attached hydrogens (tertiary/aromatic N) is 3. The van der Waals surface area contributed by atoms with Gasteiger partial charge in [0.05, 0.1) is 19.4 Å². The fourth-order valence-electron chi connectivity index (χ4n) is 4.20. The molecule has 0 atom stereocenters. The van der Waals surface area contributed by atoms with Gasteiger partial charge >= 0.3 is 0 Å². The van der Waals surface area contributed by atoms with E-state index in [2.05, 4.69) is 14.8 Å². The molecule has 180 valence electrons. The summed E-state index contributed by atoms with van der Waals surface area (Å²) in [5.41, 5.74) is 1.30. The van der Waals surface area contributed by atoms with E-state index in [0.717, 1.165) is 37.0 Å². The molecule has 9 heteroatoms. The summed E-state index contributed by atoms with van der Waals surface area (Å²) >= 11 is 0. The molecule has 1 aliphatic carbocycles. The number of sulfonamides is 1. The summed E-state index contributed by atoms with van der Waals surface area (Å²) in [6.07, 6.45) is 7.30. The Morgan fingerprint density at radius 1 is 1.15 bits per heavy atom. The Morgan fingerprint density at radius 3 is 2.62 bits per heavy atom. The summed E-state index contributed by atoms with van der Waals surface area (Å²) < 4.78 is 34.6. The molecule has 1 heterocycles. The first kappa shape index (κ1) is 23.9. The van der Waals surface area contributed by atoms with Gasteiger partial charge < -0.3 is 10.1 Å². The topological polar surface area (TPSA) is 100 Å². The predicted octanol–water partition coefficient (Wildman–Crippen LogP) is 3.71. The van der Waals surface area contributed by atoms with Gasteiger partial charge in [0.2, 0.25) is 5.91 Å². The molecular formula is C25H30N4O4S. The van der Waals surface area contributed by atoms with Gasteiger partial charge in [-0.1, -0.05) is 31.4 Å². The lowest BCUT2D eigenvalue weighted by molar-refractivity contribution is -0.122. The van der Waals surface area contributed by atoms with Crippen LogP contribution < -0.4 is 10.1 Å².